The molecule has 5 N–H and O–H groups in total. The molecule has 2 amide bonds. The van der Waals surface area contributed by atoms with E-state index in [4.69, 9.17) is 20.6 Å². The Morgan fingerprint density at radius 3 is 2.64 bits per heavy atom. The number of ether oxygens (including phenoxy) is 1. The highest BCUT2D eigenvalue weighted by molar-refractivity contribution is 5.99. The summed E-state index contributed by atoms with van der Waals surface area (Å²) in [7, 11) is 1.55. The fourth-order valence-corrected chi connectivity index (χ4v) is 4.77. The van der Waals surface area contributed by atoms with Crippen molar-refractivity contribution in [1.29, 1.82) is 0 Å². The SMILES string of the molecule is COc1ccc(C(N)=O)cc1-c1cc2nccc(-c3cccc(C(=O)NC4CCCC[C@@H]4N)c3)c2o1. The van der Waals surface area contributed by atoms with Crippen LogP contribution in [0.25, 0.3) is 33.6 Å². The second kappa shape index (κ2) is 9.83. The van der Waals surface area contributed by atoms with Gasteiger partial charge < -0.3 is 25.9 Å². The van der Waals surface area contributed by atoms with Crippen molar-refractivity contribution in [3.8, 4) is 28.2 Å². The van der Waals surface area contributed by atoms with Crippen LogP contribution in [0.4, 0.5) is 0 Å². The molecule has 4 aromatic rings. The van der Waals surface area contributed by atoms with Crippen molar-refractivity contribution >= 4 is 22.9 Å². The first kappa shape index (κ1) is 23.6. The van der Waals surface area contributed by atoms with Crippen LogP contribution in [-0.2, 0) is 0 Å². The van der Waals surface area contributed by atoms with Crippen molar-refractivity contribution in [2.45, 2.75) is 37.8 Å². The average Bonchev–Trinajstić information content (AvgIpc) is 3.34. The summed E-state index contributed by atoms with van der Waals surface area (Å²) < 4.78 is 11.7. The number of benzene rings is 2. The molecule has 5 rings (SSSR count). The lowest BCUT2D eigenvalue weighted by Crippen LogP contribution is -2.49. The highest BCUT2D eigenvalue weighted by Crippen LogP contribution is 2.37. The number of rotatable bonds is 6. The summed E-state index contributed by atoms with van der Waals surface area (Å²) in [6.45, 7) is 0. The van der Waals surface area contributed by atoms with Gasteiger partial charge in [-0.1, -0.05) is 25.0 Å². The molecule has 184 valence electrons. The summed E-state index contributed by atoms with van der Waals surface area (Å²) in [4.78, 5) is 29.2. The van der Waals surface area contributed by atoms with Gasteiger partial charge in [0.1, 0.15) is 17.0 Å². The number of primary amides is 1. The van der Waals surface area contributed by atoms with Gasteiger partial charge in [-0.2, -0.15) is 0 Å². The molecule has 2 heterocycles. The lowest BCUT2D eigenvalue weighted by atomic mass is 9.91. The van der Waals surface area contributed by atoms with E-state index in [2.05, 4.69) is 10.3 Å². The van der Waals surface area contributed by atoms with Crippen molar-refractivity contribution < 1.29 is 18.7 Å². The molecule has 8 heteroatoms. The van der Waals surface area contributed by atoms with Crippen LogP contribution in [0.2, 0.25) is 0 Å². The van der Waals surface area contributed by atoms with Gasteiger partial charge in [-0.05, 0) is 54.8 Å². The molecule has 0 spiro atoms. The van der Waals surface area contributed by atoms with Gasteiger partial charge in [-0.25, -0.2) is 0 Å². The van der Waals surface area contributed by atoms with Crippen molar-refractivity contribution in [3.63, 3.8) is 0 Å². The zero-order valence-electron chi connectivity index (χ0n) is 20.0. The Balaban J connectivity index is 1.50. The Hall–Kier alpha value is -4.17. The minimum absolute atomic E-state index is 0.0127. The van der Waals surface area contributed by atoms with E-state index >= 15 is 0 Å². The van der Waals surface area contributed by atoms with Gasteiger partial charge >= 0.3 is 0 Å². The third kappa shape index (κ3) is 4.55. The number of nitrogens with two attached hydrogens (primary N) is 2. The first-order valence-electron chi connectivity index (χ1n) is 12.0. The summed E-state index contributed by atoms with van der Waals surface area (Å²) in [5.41, 5.74) is 16.0. The minimum atomic E-state index is -0.543. The third-order valence-corrected chi connectivity index (χ3v) is 6.73. The van der Waals surface area contributed by atoms with Crippen LogP contribution in [-0.4, -0.2) is 36.0 Å². The molecule has 2 aromatic heterocycles. The number of nitrogens with zero attached hydrogens (tertiary/aromatic N) is 1. The quantitative estimate of drug-likeness (QED) is 0.374. The fourth-order valence-electron chi connectivity index (χ4n) is 4.77. The van der Waals surface area contributed by atoms with Crippen molar-refractivity contribution in [1.82, 2.24) is 10.3 Å². The normalized spacial score (nSPS) is 17.6. The lowest BCUT2D eigenvalue weighted by Gasteiger charge is -2.29. The monoisotopic (exact) mass is 484 g/mol. The van der Waals surface area contributed by atoms with Crippen LogP contribution in [0.5, 0.6) is 5.75 Å². The van der Waals surface area contributed by atoms with E-state index in [1.165, 1.54) is 0 Å². The van der Waals surface area contributed by atoms with Crippen molar-refractivity contribution in [2.24, 2.45) is 11.5 Å². The topological polar surface area (TPSA) is 133 Å². The van der Waals surface area contributed by atoms with Crippen LogP contribution >= 0.6 is 0 Å². The number of carbonyl (C=O) groups is 2. The zero-order chi connectivity index (χ0) is 25.2. The second-order valence-electron chi connectivity index (χ2n) is 9.07. The number of amides is 2. The highest BCUT2D eigenvalue weighted by Gasteiger charge is 2.24. The molecule has 0 aliphatic heterocycles. The van der Waals surface area contributed by atoms with E-state index < -0.39 is 5.91 Å². The largest absolute Gasteiger partial charge is 0.496 e. The maximum Gasteiger partial charge on any atom is 0.251 e. The smallest absolute Gasteiger partial charge is 0.251 e. The maximum absolute atomic E-state index is 13.0. The van der Waals surface area contributed by atoms with Gasteiger partial charge in [0.15, 0.2) is 5.58 Å². The predicted molar refractivity (Wildman–Crippen MR) is 138 cm³/mol. The Labute approximate surface area is 208 Å². The molecule has 0 bridgehead atoms. The Morgan fingerprint density at radius 1 is 1.03 bits per heavy atom. The first-order chi connectivity index (χ1) is 17.4. The predicted octanol–water partition coefficient (Wildman–Crippen LogP) is 4.27. The van der Waals surface area contributed by atoms with Crippen molar-refractivity contribution in [2.75, 3.05) is 7.11 Å². The summed E-state index contributed by atoms with van der Waals surface area (Å²) in [5, 5.41) is 3.10. The lowest BCUT2D eigenvalue weighted by molar-refractivity contribution is 0.0920. The van der Waals surface area contributed by atoms with Crippen LogP contribution in [0.3, 0.4) is 0 Å². The summed E-state index contributed by atoms with van der Waals surface area (Å²) in [6, 6.07) is 15.9. The van der Waals surface area contributed by atoms with E-state index in [1.807, 2.05) is 24.3 Å². The molecule has 0 saturated heterocycles. The van der Waals surface area contributed by atoms with E-state index in [-0.39, 0.29) is 18.0 Å². The summed E-state index contributed by atoms with van der Waals surface area (Å²) in [6.07, 6.45) is 5.69. The zero-order valence-corrected chi connectivity index (χ0v) is 20.0. The molecule has 8 nitrogen and oxygen atoms in total. The van der Waals surface area contributed by atoms with Crippen LogP contribution in [0, 0.1) is 0 Å². The number of aromatic nitrogens is 1. The second-order valence-corrected chi connectivity index (χ2v) is 9.07. The van der Waals surface area contributed by atoms with Crippen LogP contribution in [0.1, 0.15) is 46.4 Å². The Morgan fingerprint density at radius 2 is 1.86 bits per heavy atom. The molecule has 1 saturated carbocycles. The van der Waals surface area contributed by atoms with Crippen LogP contribution in [0.15, 0.2) is 65.2 Å². The number of pyridine rings is 1. The Bertz CT molecular complexity index is 1440. The van der Waals surface area contributed by atoms with Crippen molar-refractivity contribution in [3.05, 3.63) is 71.9 Å². The molecule has 0 radical (unpaired) electrons. The number of fused-ring (bicyclic) bond motifs is 1. The number of methoxy groups -OCH3 is 1. The molecule has 1 unspecified atom stereocenters. The Kier molecular flexibility index (Phi) is 6.43. The molecule has 2 aromatic carbocycles. The van der Waals surface area contributed by atoms with E-state index in [1.54, 1.807) is 43.6 Å². The van der Waals surface area contributed by atoms with Gasteiger partial charge in [0.05, 0.1) is 12.7 Å². The van der Waals surface area contributed by atoms with E-state index in [9.17, 15) is 9.59 Å². The number of furan rings is 1. The average molecular weight is 485 g/mol. The summed E-state index contributed by atoms with van der Waals surface area (Å²) in [5.74, 6) is 0.348. The fraction of sp³-hybridized carbons (Fsp3) is 0.250. The van der Waals surface area contributed by atoms with E-state index in [0.717, 1.165) is 36.8 Å². The molecule has 1 aliphatic rings. The van der Waals surface area contributed by atoms with Gasteiger partial charge in [0, 0.05) is 41.0 Å². The van der Waals surface area contributed by atoms with Gasteiger partial charge in [-0.15, -0.1) is 0 Å². The molecule has 2 atom stereocenters. The van der Waals surface area contributed by atoms with Crippen LogP contribution < -0.4 is 21.5 Å². The molecular weight excluding hydrogens is 456 g/mol. The van der Waals surface area contributed by atoms with Gasteiger partial charge in [-0.3, -0.25) is 14.6 Å². The molecule has 36 heavy (non-hydrogen) atoms. The maximum atomic E-state index is 13.0. The number of hydrogen-bond acceptors (Lipinski definition) is 6. The van der Waals surface area contributed by atoms with Gasteiger partial charge in [0.25, 0.3) is 5.91 Å². The first-order valence-corrected chi connectivity index (χ1v) is 12.0. The molecule has 1 fully saturated rings. The third-order valence-electron chi connectivity index (χ3n) is 6.73. The summed E-state index contributed by atoms with van der Waals surface area (Å²) >= 11 is 0. The number of hydrogen-bond donors (Lipinski definition) is 3. The van der Waals surface area contributed by atoms with E-state index in [0.29, 0.717) is 39.3 Å². The highest BCUT2D eigenvalue weighted by atomic mass is 16.5. The number of nitrogens with one attached hydrogen (secondary N) is 1. The van der Waals surface area contributed by atoms with Gasteiger partial charge in [0.2, 0.25) is 5.91 Å². The molecule has 1 aliphatic carbocycles. The molecular formula is C28H28N4O4. The minimum Gasteiger partial charge on any atom is -0.496 e. The number of carbonyl (C=O) groups excluding carboxylic acids is 2. The standard InChI is InChI=1S/C28H28N4O4/c1-35-24-10-9-17(27(30)33)14-20(24)25-15-23-26(36-25)19(11-12-31-23)16-5-4-6-18(13-16)28(34)32-22-8-3-2-7-21(22)29/h4-6,9-15,21-22H,2-3,7-8,29H2,1H3,(H2,30,33)(H,32,34)/t21-,22?/m0/s1.